The summed E-state index contributed by atoms with van der Waals surface area (Å²) in [4.78, 5) is 19.3. The molecule has 0 radical (unpaired) electrons. The molecule has 2 N–H and O–H groups in total. The Labute approximate surface area is 156 Å². The highest BCUT2D eigenvalue weighted by Crippen LogP contribution is 2.42. The summed E-state index contributed by atoms with van der Waals surface area (Å²) in [6.07, 6.45) is -0.485. The fourth-order valence-corrected chi connectivity index (χ4v) is 2.87. The van der Waals surface area contributed by atoms with Gasteiger partial charge in [-0.2, -0.15) is 18.3 Å². The van der Waals surface area contributed by atoms with E-state index in [0.717, 1.165) is 29.7 Å². The van der Waals surface area contributed by atoms with Gasteiger partial charge >= 0.3 is 6.18 Å². The van der Waals surface area contributed by atoms with Crippen LogP contribution in [0.15, 0.2) is 36.7 Å². The second-order valence-electron chi connectivity index (χ2n) is 6.43. The van der Waals surface area contributed by atoms with Crippen LogP contribution in [0.4, 0.5) is 17.6 Å². The molecule has 3 heterocycles. The maximum absolute atomic E-state index is 14.4. The highest BCUT2D eigenvalue weighted by atomic mass is 19.4. The van der Waals surface area contributed by atoms with Crippen molar-refractivity contribution in [1.82, 2.24) is 19.7 Å². The van der Waals surface area contributed by atoms with Gasteiger partial charge in [0.25, 0.3) is 5.91 Å². The molecule has 0 atom stereocenters. The predicted molar refractivity (Wildman–Crippen MR) is 90.0 cm³/mol. The average Bonchev–Trinajstić information content (AvgIpc) is 3.39. The Morgan fingerprint density at radius 1 is 1.18 bits per heavy atom. The molecule has 0 bridgehead atoms. The Bertz CT molecular complexity index is 1050. The van der Waals surface area contributed by atoms with Crippen LogP contribution >= 0.6 is 0 Å². The molecule has 144 valence electrons. The van der Waals surface area contributed by atoms with Crippen LogP contribution in [0.25, 0.3) is 17.1 Å². The quantitative estimate of drug-likeness (QED) is 0.690. The maximum atomic E-state index is 14.4. The Morgan fingerprint density at radius 2 is 1.93 bits per heavy atom. The molecule has 6 nitrogen and oxygen atoms in total. The molecule has 0 aliphatic heterocycles. The van der Waals surface area contributed by atoms with Crippen molar-refractivity contribution in [3.8, 4) is 17.1 Å². The largest absolute Gasteiger partial charge is 0.435 e. The molecule has 0 unspecified atom stereocenters. The number of nitrogens with two attached hydrogens (primary N) is 1. The Morgan fingerprint density at radius 3 is 2.50 bits per heavy atom. The van der Waals surface area contributed by atoms with Crippen molar-refractivity contribution in [1.29, 1.82) is 0 Å². The zero-order valence-corrected chi connectivity index (χ0v) is 14.2. The minimum atomic E-state index is -4.56. The average molecular weight is 391 g/mol. The fraction of sp³-hybridized carbons (Fsp3) is 0.222. The van der Waals surface area contributed by atoms with Crippen molar-refractivity contribution >= 4 is 5.91 Å². The van der Waals surface area contributed by atoms with E-state index >= 15 is 0 Å². The molecule has 10 heteroatoms. The first-order chi connectivity index (χ1) is 13.3. The van der Waals surface area contributed by atoms with Crippen LogP contribution < -0.4 is 5.73 Å². The van der Waals surface area contributed by atoms with E-state index in [4.69, 9.17) is 5.73 Å². The molecule has 3 aromatic heterocycles. The number of carbonyl (C=O) groups is 1. The topological polar surface area (TPSA) is 86.7 Å². The standard InChI is InChI=1S/C18H13F4N5O/c19-15-11(17(23)28)5-6-24-16(15)10-3-4-14(25-8-10)27-12(9-1-2-9)7-13(26-27)18(20,21)22/h3-9H,1-2H2,(H2,23,28). The number of carbonyl (C=O) groups excluding carboxylic acids is 1. The Balaban J connectivity index is 1.73. The van der Waals surface area contributed by atoms with E-state index in [1.807, 2.05) is 0 Å². The maximum Gasteiger partial charge on any atom is 0.435 e. The van der Waals surface area contributed by atoms with E-state index < -0.39 is 23.6 Å². The van der Waals surface area contributed by atoms with Gasteiger partial charge in [0.15, 0.2) is 17.3 Å². The summed E-state index contributed by atoms with van der Waals surface area (Å²) in [5.74, 6) is -1.64. The molecule has 1 fully saturated rings. The van der Waals surface area contributed by atoms with E-state index in [-0.39, 0.29) is 28.6 Å². The fourth-order valence-electron chi connectivity index (χ4n) is 2.87. The van der Waals surface area contributed by atoms with Crippen LogP contribution in [-0.2, 0) is 6.18 Å². The monoisotopic (exact) mass is 391 g/mol. The van der Waals surface area contributed by atoms with Crippen molar-refractivity contribution in [2.24, 2.45) is 5.73 Å². The van der Waals surface area contributed by atoms with Crippen LogP contribution in [0.5, 0.6) is 0 Å². The van der Waals surface area contributed by atoms with Crippen LogP contribution in [-0.4, -0.2) is 25.7 Å². The normalized spacial score (nSPS) is 14.3. The highest BCUT2D eigenvalue weighted by Gasteiger charge is 2.38. The van der Waals surface area contributed by atoms with Gasteiger partial charge in [-0.1, -0.05) is 0 Å². The molecule has 4 rings (SSSR count). The van der Waals surface area contributed by atoms with Crippen molar-refractivity contribution in [2.75, 3.05) is 0 Å². The summed E-state index contributed by atoms with van der Waals surface area (Å²) in [5.41, 5.74) is 4.38. The molecule has 0 spiro atoms. The molecule has 1 saturated carbocycles. The number of aromatic nitrogens is 4. The third kappa shape index (κ3) is 3.21. The molecule has 1 aliphatic carbocycles. The number of hydrogen-bond donors (Lipinski definition) is 1. The van der Waals surface area contributed by atoms with Gasteiger partial charge in [0, 0.05) is 29.6 Å². The van der Waals surface area contributed by atoms with Crippen molar-refractivity contribution in [2.45, 2.75) is 24.9 Å². The van der Waals surface area contributed by atoms with E-state index in [0.29, 0.717) is 5.69 Å². The molecular formula is C18H13F4N5O. The molecule has 0 saturated heterocycles. The van der Waals surface area contributed by atoms with Crippen molar-refractivity contribution in [3.63, 3.8) is 0 Å². The molecular weight excluding hydrogens is 378 g/mol. The number of rotatable bonds is 4. The summed E-state index contributed by atoms with van der Waals surface area (Å²) in [5, 5.41) is 3.65. The SMILES string of the molecule is NC(=O)c1ccnc(-c2ccc(-n3nc(C(F)(F)F)cc3C3CC3)nc2)c1F. The van der Waals surface area contributed by atoms with Gasteiger partial charge in [0.1, 0.15) is 5.69 Å². The van der Waals surface area contributed by atoms with Crippen LogP contribution in [0.2, 0.25) is 0 Å². The Hall–Kier alpha value is -3.30. The molecule has 1 aliphatic rings. The molecule has 0 aromatic carbocycles. The first-order valence-corrected chi connectivity index (χ1v) is 8.34. The first kappa shape index (κ1) is 18.1. The van der Waals surface area contributed by atoms with Gasteiger partial charge in [0.05, 0.1) is 5.56 Å². The number of pyridine rings is 2. The zero-order chi connectivity index (χ0) is 20.1. The highest BCUT2D eigenvalue weighted by molar-refractivity contribution is 5.94. The van der Waals surface area contributed by atoms with E-state index in [1.54, 1.807) is 0 Å². The van der Waals surface area contributed by atoms with Gasteiger partial charge in [-0.3, -0.25) is 9.78 Å². The lowest BCUT2D eigenvalue weighted by atomic mass is 10.1. The number of halogens is 4. The second-order valence-corrected chi connectivity index (χ2v) is 6.43. The number of hydrogen-bond acceptors (Lipinski definition) is 4. The predicted octanol–water partition coefficient (Wildman–Crippen LogP) is 3.46. The minimum absolute atomic E-state index is 0.0106. The van der Waals surface area contributed by atoms with Gasteiger partial charge in [-0.05, 0) is 37.1 Å². The van der Waals surface area contributed by atoms with Gasteiger partial charge in [-0.15, -0.1) is 0 Å². The number of amides is 1. The summed E-state index contributed by atoms with van der Waals surface area (Å²) in [6.45, 7) is 0. The van der Waals surface area contributed by atoms with Gasteiger partial charge < -0.3 is 5.73 Å². The number of alkyl halides is 3. The molecule has 1 amide bonds. The van der Waals surface area contributed by atoms with E-state index in [9.17, 15) is 22.4 Å². The third-order valence-electron chi connectivity index (χ3n) is 4.42. The lowest BCUT2D eigenvalue weighted by molar-refractivity contribution is -0.141. The smallest absolute Gasteiger partial charge is 0.366 e. The lowest BCUT2D eigenvalue weighted by Crippen LogP contribution is -2.14. The summed E-state index contributed by atoms with van der Waals surface area (Å²) in [7, 11) is 0. The second kappa shape index (κ2) is 6.39. The van der Waals surface area contributed by atoms with Crippen LogP contribution in [0, 0.1) is 5.82 Å². The number of nitrogens with zero attached hydrogens (tertiary/aromatic N) is 4. The van der Waals surface area contributed by atoms with Crippen LogP contribution in [0.3, 0.4) is 0 Å². The number of primary amides is 1. The van der Waals surface area contributed by atoms with E-state index in [1.165, 1.54) is 24.5 Å². The van der Waals surface area contributed by atoms with Crippen LogP contribution in [0.1, 0.15) is 40.5 Å². The van der Waals surface area contributed by atoms with Crippen molar-refractivity contribution in [3.05, 3.63) is 59.4 Å². The summed E-state index contributed by atoms with van der Waals surface area (Å²) >= 11 is 0. The third-order valence-corrected chi connectivity index (χ3v) is 4.42. The molecule has 28 heavy (non-hydrogen) atoms. The van der Waals surface area contributed by atoms with Crippen molar-refractivity contribution < 1.29 is 22.4 Å². The zero-order valence-electron chi connectivity index (χ0n) is 14.2. The summed E-state index contributed by atoms with van der Waals surface area (Å²) in [6, 6.07) is 5.06. The summed E-state index contributed by atoms with van der Waals surface area (Å²) < 4.78 is 54.7. The lowest BCUT2D eigenvalue weighted by Gasteiger charge is -2.08. The van der Waals surface area contributed by atoms with Gasteiger partial charge in [0.2, 0.25) is 0 Å². The first-order valence-electron chi connectivity index (χ1n) is 8.34. The minimum Gasteiger partial charge on any atom is -0.366 e. The Kier molecular flexibility index (Phi) is 4.13. The van der Waals surface area contributed by atoms with E-state index in [2.05, 4.69) is 15.1 Å². The molecule has 3 aromatic rings. The van der Waals surface area contributed by atoms with Gasteiger partial charge in [-0.25, -0.2) is 14.1 Å².